The maximum atomic E-state index is 13.2. The van der Waals surface area contributed by atoms with Crippen LogP contribution in [0, 0.1) is 0 Å². The lowest BCUT2D eigenvalue weighted by atomic mass is 9.96. The maximum Gasteiger partial charge on any atom is 0.254 e. The summed E-state index contributed by atoms with van der Waals surface area (Å²) in [5.41, 5.74) is 2.70. The molecule has 0 aliphatic carbocycles. The number of likely N-dealkylation sites (tertiary alicyclic amines) is 1. The fraction of sp³-hybridized carbons (Fsp3) is 0.417. The molecule has 3 heterocycles. The van der Waals surface area contributed by atoms with Crippen LogP contribution in [-0.2, 0) is 4.74 Å². The minimum absolute atomic E-state index is 0.0541. The van der Waals surface area contributed by atoms with E-state index in [1.165, 1.54) is 0 Å². The van der Waals surface area contributed by atoms with Crippen molar-refractivity contribution in [3.8, 4) is 5.75 Å². The molecule has 0 unspecified atom stereocenters. The van der Waals surface area contributed by atoms with Crippen molar-refractivity contribution in [2.24, 2.45) is 0 Å². The minimum Gasteiger partial charge on any atom is -0.491 e. The highest BCUT2D eigenvalue weighted by molar-refractivity contribution is 5.94. The average molecular weight is 405 g/mol. The predicted octanol–water partition coefficient (Wildman–Crippen LogP) is 4.14. The highest BCUT2D eigenvalue weighted by atomic mass is 16.5. The molecule has 2 aromatic carbocycles. The standard InChI is InChI=1S/C24H27N3O3/c28-24(17-6-3-8-19(14-17)30-16-20-9-5-13-29-20)27-12-4-7-18(15-27)23-25-21-10-1-2-11-22(21)26-23/h1-3,6,8,10-11,14,18,20H,4-5,7,9,12-13,15-16H2,(H,25,26)/t18-,20-/m1/s1. The average Bonchev–Trinajstić information content (AvgIpc) is 3.47. The van der Waals surface area contributed by atoms with E-state index in [4.69, 9.17) is 14.5 Å². The Kier molecular flexibility index (Phi) is 5.41. The summed E-state index contributed by atoms with van der Waals surface area (Å²) in [6, 6.07) is 15.6. The van der Waals surface area contributed by atoms with Gasteiger partial charge in [0.15, 0.2) is 0 Å². The lowest BCUT2D eigenvalue weighted by Gasteiger charge is -2.32. The fourth-order valence-corrected chi connectivity index (χ4v) is 4.42. The zero-order valence-electron chi connectivity index (χ0n) is 17.0. The summed E-state index contributed by atoms with van der Waals surface area (Å²) in [7, 11) is 0. The van der Waals surface area contributed by atoms with Crippen LogP contribution in [0.15, 0.2) is 48.5 Å². The summed E-state index contributed by atoms with van der Waals surface area (Å²) in [6.07, 6.45) is 4.30. The second-order valence-corrected chi connectivity index (χ2v) is 8.20. The van der Waals surface area contributed by atoms with Gasteiger partial charge < -0.3 is 19.4 Å². The smallest absolute Gasteiger partial charge is 0.254 e. The molecule has 0 saturated carbocycles. The number of amides is 1. The zero-order chi connectivity index (χ0) is 20.3. The van der Waals surface area contributed by atoms with Crippen molar-refractivity contribution < 1.29 is 14.3 Å². The first-order valence-electron chi connectivity index (χ1n) is 10.8. The molecule has 2 saturated heterocycles. The van der Waals surface area contributed by atoms with Crippen LogP contribution < -0.4 is 4.74 Å². The number of benzene rings is 2. The quantitative estimate of drug-likeness (QED) is 0.693. The summed E-state index contributed by atoms with van der Waals surface area (Å²) in [5, 5.41) is 0. The number of carbonyl (C=O) groups is 1. The number of fused-ring (bicyclic) bond motifs is 1. The first-order chi connectivity index (χ1) is 14.8. The van der Waals surface area contributed by atoms with Crippen LogP contribution in [0.1, 0.15) is 47.8 Å². The van der Waals surface area contributed by atoms with Crippen molar-refractivity contribution in [2.75, 3.05) is 26.3 Å². The van der Waals surface area contributed by atoms with E-state index in [1.807, 2.05) is 53.4 Å². The van der Waals surface area contributed by atoms with Gasteiger partial charge in [-0.1, -0.05) is 18.2 Å². The van der Waals surface area contributed by atoms with Crippen LogP contribution >= 0.6 is 0 Å². The highest BCUT2D eigenvalue weighted by Crippen LogP contribution is 2.28. The molecular weight excluding hydrogens is 378 g/mol. The molecule has 2 fully saturated rings. The fourth-order valence-electron chi connectivity index (χ4n) is 4.42. The molecule has 2 atom stereocenters. The van der Waals surface area contributed by atoms with Crippen molar-refractivity contribution in [3.63, 3.8) is 0 Å². The SMILES string of the molecule is O=C(c1cccc(OC[C@H]2CCCO2)c1)N1CCC[C@@H](c2nc3ccccc3[nH]2)C1. The molecular formula is C24H27N3O3. The van der Waals surface area contributed by atoms with Crippen molar-refractivity contribution in [1.29, 1.82) is 0 Å². The first-order valence-corrected chi connectivity index (χ1v) is 10.8. The number of carbonyl (C=O) groups excluding carboxylic acids is 1. The topological polar surface area (TPSA) is 67.5 Å². The molecule has 2 aliphatic heterocycles. The van der Waals surface area contributed by atoms with Gasteiger partial charge in [-0.05, 0) is 56.0 Å². The van der Waals surface area contributed by atoms with Gasteiger partial charge >= 0.3 is 0 Å². The number of nitrogens with one attached hydrogen (secondary N) is 1. The molecule has 30 heavy (non-hydrogen) atoms. The third kappa shape index (κ3) is 4.05. The van der Waals surface area contributed by atoms with Gasteiger partial charge in [-0.15, -0.1) is 0 Å². The summed E-state index contributed by atoms with van der Waals surface area (Å²) in [6.45, 7) is 2.81. The monoisotopic (exact) mass is 405 g/mol. The van der Waals surface area contributed by atoms with Crippen LogP contribution in [0.2, 0.25) is 0 Å². The first kappa shape index (κ1) is 19.1. The van der Waals surface area contributed by atoms with E-state index in [0.717, 1.165) is 61.4 Å². The van der Waals surface area contributed by atoms with E-state index in [9.17, 15) is 4.79 Å². The number of aromatic nitrogens is 2. The molecule has 3 aromatic rings. The van der Waals surface area contributed by atoms with Gasteiger partial charge in [0.05, 0.1) is 17.1 Å². The van der Waals surface area contributed by atoms with E-state index in [2.05, 4.69) is 4.98 Å². The Balaban J connectivity index is 1.26. The molecule has 5 rings (SSSR count). The summed E-state index contributed by atoms with van der Waals surface area (Å²) in [4.78, 5) is 23.3. The molecule has 1 amide bonds. The van der Waals surface area contributed by atoms with Gasteiger partial charge in [-0.25, -0.2) is 4.98 Å². The number of hydrogen-bond donors (Lipinski definition) is 1. The van der Waals surface area contributed by atoms with E-state index in [-0.39, 0.29) is 17.9 Å². The Morgan fingerprint density at radius 3 is 2.97 bits per heavy atom. The summed E-state index contributed by atoms with van der Waals surface area (Å²) >= 11 is 0. The Hall–Kier alpha value is -2.86. The largest absolute Gasteiger partial charge is 0.491 e. The van der Waals surface area contributed by atoms with E-state index in [1.54, 1.807) is 0 Å². The third-order valence-electron chi connectivity index (χ3n) is 6.04. The van der Waals surface area contributed by atoms with Crippen molar-refractivity contribution in [3.05, 3.63) is 59.9 Å². The third-order valence-corrected chi connectivity index (χ3v) is 6.04. The molecule has 6 nitrogen and oxygen atoms in total. The molecule has 0 bridgehead atoms. The highest BCUT2D eigenvalue weighted by Gasteiger charge is 2.27. The number of aromatic amines is 1. The molecule has 156 valence electrons. The predicted molar refractivity (Wildman–Crippen MR) is 115 cm³/mol. The summed E-state index contributed by atoms with van der Waals surface area (Å²) < 4.78 is 11.5. The second kappa shape index (κ2) is 8.48. The molecule has 1 aromatic heterocycles. The van der Waals surface area contributed by atoms with Crippen molar-refractivity contribution in [1.82, 2.24) is 14.9 Å². The van der Waals surface area contributed by atoms with Crippen molar-refractivity contribution in [2.45, 2.75) is 37.7 Å². The minimum atomic E-state index is 0.0541. The lowest BCUT2D eigenvalue weighted by Crippen LogP contribution is -2.39. The van der Waals surface area contributed by atoms with Crippen LogP contribution in [0.5, 0.6) is 5.75 Å². The van der Waals surface area contributed by atoms with Crippen LogP contribution in [0.25, 0.3) is 11.0 Å². The number of piperidine rings is 1. The Morgan fingerprint density at radius 2 is 2.10 bits per heavy atom. The molecule has 2 aliphatic rings. The lowest BCUT2D eigenvalue weighted by molar-refractivity contribution is 0.0673. The van der Waals surface area contributed by atoms with Gasteiger partial charge in [0.1, 0.15) is 18.2 Å². The van der Waals surface area contributed by atoms with Gasteiger partial charge in [0, 0.05) is 31.2 Å². The molecule has 6 heteroatoms. The number of rotatable bonds is 5. The Bertz CT molecular complexity index is 992. The number of nitrogens with zero attached hydrogens (tertiary/aromatic N) is 2. The van der Waals surface area contributed by atoms with Gasteiger partial charge in [0.2, 0.25) is 0 Å². The van der Waals surface area contributed by atoms with Crippen LogP contribution in [0.4, 0.5) is 0 Å². The maximum absolute atomic E-state index is 13.2. The van der Waals surface area contributed by atoms with Crippen LogP contribution in [-0.4, -0.2) is 53.2 Å². The van der Waals surface area contributed by atoms with Crippen molar-refractivity contribution >= 4 is 16.9 Å². The normalized spacial score (nSPS) is 21.8. The summed E-state index contributed by atoms with van der Waals surface area (Å²) in [5.74, 6) is 1.98. The molecule has 1 N–H and O–H groups in total. The number of imidazole rings is 1. The Labute approximate surface area is 176 Å². The number of para-hydroxylation sites is 2. The number of H-pyrrole nitrogens is 1. The van der Waals surface area contributed by atoms with E-state index < -0.39 is 0 Å². The van der Waals surface area contributed by atoms with E-state index in [0.29, 0.717) is 18.7 Å². The van der Waals surface area contributed by atoms with E-state index >= 15 is 0 Å². The second-order valence-electron chi connectivity index (χ2n) is 8.20. The molecule has 0 radical (unpaired) electrons. The van der Waals surface area contributed by atoms with Crippen LogP contribution in [0.3, 0.4) is 0 Å². The molecule has 0 spiro atoms. The number of ether oxygens (including phenoxy) is 2. The van der Waals surface area contributed by atoms with Gasteiger partial charge in [-0.2, -0.15) is 0 Å². The number of hydrogen-bond acceptors (Lipinski definition) is 4. The van der Waals surface area contributed by atoms with Gasteiger partial charge in [-0.3, -0.25) is 4.79 Å². The van der Waals surface area contributed by atoms with Gasteiger partial charge in [0.25, 0.3) is 5.91 Å². The zero-order valence-corrected chi connectivity index (χ0v) is 17.0. The Morgan fingerprint density at radius 1 is 1.17 bits per heavy atom.